The molecular weight excluding hydrogens is 200 g/mol. The molecule has 1 rings (SSSR count). The van der Waals surface area contributed by atoms with Crippen molar-refractivity contribution in [2.45, 2.75) is 19.8 Å². The van der Waals surface area contributed by atoms with Crippen molar-refractivity contribution < 1.29 is 9.53 Å². The number of carbonyl (C=O) groups excluding carboxylic acids is 1. The van der Waals surface area contributed by atoms with Crippen molar-refractivity contribution in [3.05, 3.63) is 48.0 Å². The van der Waals surface area contributed by atoms with Crippen LogP contribution in [0.25, 0.3) is 0 Å². The van der Waals surface area contributed by atoms with Gasteiger partial charge in [0.1, 0.15) is 0 Å². The van der Waals surface area contributed by atoms with Gasteiger partial charge in [0, 0.05) is 0 Å². The van der Waals surface area contributed by atoms with E-state index in [1.54, 1.807) is 0 Å². The van der Waals surface area contributed by atoms with Crippen molar-refractivity contribution in [1.29, 1.82) is 0 Å². The van der Waals surface area contributed by atoms with Gasteiger partial charge in [0.2, 0.25) is 0 Å². The Labute approximate surface area is 96.9 Å². The van der Waals surface area contributed by atoms with Gasteiger partial charge in [-0.3, -0.25) is 4.79 Å². The molecular formula is C14H18O2. The summed E-state index contributed by atoms with van der Waals surface area (Å²) in [5.74, 6) is -0.252. The second-order valence-electron chi connectivity index (χ2n) is 3.94. The van der Waals surface area contributed by atoms with Gasteiger partial charge in [0.05, 0.1) is 13.0 Å². The van der Waals surface area contributed by atoms with Gasteiger partial charge < -0.3 is 4.74 Å². The lowest BCUT2D eigenvalue weighted by molar-refractivity contribution is -0.144. The number of hydrogen-bond donors (Lipinski definition) is 0. The van der Waals surface area contributed by atoms with E-state index in [1.807, 2.05) is 25.1 Å². The van der Waals surface area contributed by atoms with E-state index in [9.17, 15) is 4.79 Å². The summed E-state index contributed by atoms with van der Waals surface area (Å²) in [6, 6.07) is 8.22. The highest BCUT2D eigenvalue weighted by atomic mass is 16.5. The Kier molecular flexibility index (Phi) is 4.77. The van der Waals surface area contributed by atoms with Crippen LogP contribution in [0.15, 0.2) is 36.9 Å². The molecule has 0 aliphatic carbocycles. The Morgan fingerprint density at radius 1 is 1.50 bits per heavy atom. The lowest BCUT2D eigenvalue weighted by atomic mass is 9.99. The maximum Gasteiger partial charge on any atom is 0.308 e. The van der Waals surface area contributed by atoms with Crippen molar-refractivity contribution in [3.8, 4) is 0 Å². The standard InChI is InChI=1S/C14H18O2/c1-4-6-12-7-5-8-13(10-12)9-11(2)14(15)16-3/h4-5,7-8,10-11H,1,6,9H2,2-3H3/t11-/m0/s1. The second kappa shape index (κ2) is 6.11. The molecule has 0 unspecified atom stereocenters. The summed E-state index contributed by atoms with van der Waals surface area (Å²) in [5.41, 5.74) is 2.39. The largest absolute Gasteiger partial charge is 0.469 e. The molecule has 0 heterocycles. The molecule has 0 aliphatic heterocycles. The normalized spacial score (nSPS) is 11.9. The van der Waals surface area contributed by atoms with Crippen LogP contribution >= 0.6 is 0 Å². The molecule has 0 radical (unpaired) electrons. The molecule has 0 saturated heterocycles. The maximum atomic E-state index is 11.3. The zero-order chi connectivity index (χ0) is 12.0. The van der Waals surface area contributed by atoms with Crippen LogP contribution in [-0.2, 0) is 22.4 Å². The first-order valence-electron chi connectivity index (χ1n) is 5.44. The van der Waals surface area contributed by atoms with Crippen molar-refractivity contribution in [3.63, 3.8) is 0 Å². The minimum Gasteiger partial charge on any atom is -0.469 e. The van der Waals surface area contributed by atoms with E-state index in [-0.39, 0.29) is 11.9 Å². The monoisotopic (exact) mass is 218 g/mol. The highest BCUT2D eigenvalue weighted by Gasteiger charge is 2.13. The molecule has 86 valence electrons. The Morgan fingerprint density at radius 3 is 2.81 bits per heavy atom. The lowest BCUT2D eigenvalue weighted by Crippen LogP contribution is -2.15. The molecule has 0 N–H and O–H groups in total. The third-order valence-corrected chi connectivity index (χ3v) is 2.52. The molecule has 1 aromatic rings. The topological polar surface area (TPSA) is 26.3 Å². The Bertz CT molecular complexity index is 369. The van der Waals surface area contributed by atoms with Crippen LogP contribution < -0.4 is 0 Å². The minimum atomic E-state index is -0.158. The fourth-order valence-electron chi connectivity index (χ4n) is 1.69. The van der Waals surface area contributed by atoms with Gasteiger partial charge in [-0.05, 0) is 24.0 Å². The van der Waals surface area contributed by atoms with Gasteiger partial charge in [0.25, 0.3) is 0 Å². The first-order chi connectivity index (χ1) is 7.67. The molecule has 0 bridgehead atoms. The molecule has 0 aromatic heterocycles. The molecule has 2 nitrogen and oxygen atoms in total. The van der Waals surface area contributed by atoms with Gasteiger partial charge in [-0.25, -0.2) is 0 Å². The quantitative estimate of drug-likeness (QED) is 0.561. The van der Waals surface area contributed by atoms with E-state index in [1.165, 1.54) is 12.7 Å². The number of esters is 1. The van der Waals surface area contributed by atoms with Gasteiger partial charge in [-0.15, -0.1) is 6.58 Å². The third kappa shape index (κ3) is 3.54. The minimum absolute atomic E-state index is 0.0935. The van der Waals surface area contributed by atoms with Gasteiger partial charge in [-0.1, -0.05) is 37.3 Å². The molecule has 0 fully saturated rings. The summed E-state index contributed by atoms with van der Waals surface area (Å²) in [4.78, 5) is 11.3. The molecule has 0 spiro atoms. The van der Waals surface area contributed by atoms with Crippen LogP contribution in [0.4, 0.5) is 0 Å². The summed E-state index contributed by atoms with van der Waals surface area (Å²) in [7, 11) is 1.42. The predicted molar refractivity (Wildman–Crippen MR) is 65.2 cm³/mol. The number of carbonyl (C=O) groups is 1. The molecule has 0 amide bonds. The van der Waals surface area contributed by atoms with E-state index in [0.717, 1.165) is 18.4 Å². The van der Waals surface area contributed by atoms with E-state index in [0.29, 0.717) is 0 Å². The van der Waals surface area contributed by atoms with Crippen molar-refractivity contribution >= 4 is 5.97 Å². The van der Waals surface area contributed by atoms with E-state index < -0.39 is 0 Å². The summed E-state index contributed by atoms with van der Waals surface area (Å²) in [5, 5.41) is 0. The summed E-state index contributed by atoms with van der Waals surface area (Å²) >= 11 is 0. The highest BCUT2D eigenvalue weighted by Crippen LogP contribution is 2.12. The van der Waals surface area contributed by atoms with Gasteiger partial charge >= 0.3 is 5.97 Å². The van der Waals surface area contributed by atoms with Crippen molar-refractivity contribution in [2.24, 2.45) is 5.92 Å². The average molecular weight is 218 g/mol. The van der Waals surface area contributed by atoms with Crippen LogP contribution in [0.5, 0.6) is 0 Å². The Balaban J connectivity index is 2.69. The second-order valence-corrected chi connectivity index (χ2v) is 3.94. The Morgan fingerprint density at radius 2 is 2.19 bits per heavy atom. The zero-order valence-corrected chi connectivity index (χ0v) is 9.90. The average Bonchev–Trinajstić information content (AvgIpc) is 2.29. The number of rotatable bonds is 5. The maximum absolute atomic E-state index is 11.3. The SMILES string of the molecule is C=CCc1cccc(C[C@H](C)C(=O)OC)c1. The first-order valence-corrected chi connectivity index (χ1v) is 5.44. The number of benzene rings is 1. The number of hydrogen-bond acceptors (Lipinski definition) is 2. The fraction of sp³-hybridized carbons (Fsp3) is 0.357. The van der Waals surface area contributed by atoms with Crippen LogP contribution in [0.1, 0.15) is 18.1 Å². The molecule has 0 saturated carbocycles. The van der Waals surface area contributed by atoms with E-state index >= 15 is 0 Å². The fourth-order valence-corrected chi connectivity index (χ4v) is 1.69. The van der Waals surface area contributed by atoms with Gasteiger partial charge in [-0.2, -0.15) is 0 Å². The number of ether oxygens (including phenoxy) is 1. The molecule has 1 aromatic carbocycles. The van der Waals surface area contributed by atoms with Crippen molar-refractivity contribution in [1.82, 2.24) is 0 Å². The summed E-state index contributed by atoms with van der Waals surface area (Å²) in [6.45, 7) is 5.59. The van der Waals surface area contributed by atoms with Crippen LogP contribution in [-0.4, -0.2) is 13.1 Å². The van der Waals surface area contributed by atoms with Crippen LogP contribution in [0.3, 0.4) is 0 Å². The smallest absolute Gasteiger partial charge is 0.308 e. The lowest BCUT2D eigenvalue weighted by Gasteiger charge is -2.09. The number of methoxy groups -OCH3 is 1. The zero-order valence-electron chi connectivity index (χ0n) is 9.90. The Hall–Kier alpha value is -1.57. The summed E-state index contributed by atoms with van der Waals surface area (Å²) < 4.78 is 4.71. The number of allylic oxidation sites excluding steroid dienone is 1. The summed E-state index contributed by atoms with van der Waals surface area (Å²) in [6.07, 6.45) is 3.46. The van der Waals surface area contributed by atoms with Crippen molar-refractivity contribution in [2.75, 3.05) is 7.11 Å². The molecule has 1 atom stereocenters. The first kappa shape index (κ1) is 12.5. The molecule has 2 heteroatoms. The predicted octanol–water partition coefficient (Wildman–Crippen LogP) is 2.77. The van der Waals surface area contributed by atoms with E-state index in [4.69, 9.17) is 4.74 Å². The van der Waals surface area contributed by atoms with Gasteiger partial charge in [0.15, 0.2) is 0 Å². The van der Waals surface area contributed by atoms with E-state index in [2.05, 4.69) is 18.7 Å². The highest BCUT2D eigenvalue weighted by molar-refractivity contribution is 5.72. The van der Waals surface area contributed by atoms with Crippen LogP contribution in [0.2, 0.25) is 0 Å². The third-order valence-electron chi connectivity index (χ3n) is 2.52. The molecule has 0 aliphatic rings. The van der Waals surface area contributed by atoms with Crippen LogP contribution in [0, 0.1) is 5.92 Å². The molecule has 16 heavy (non-hydrogen) atoms.